The van der Waals surface area contributed by atoms with Crippen LogP contribution in [-0.2, 0) is 38.1 Å². The predicted molar refractivity (Wildman–Crippen MR) is 94.7 cm³/mol. The Morgan fingerprint density at radius 3 is 2.46 bits per heavy atom. The minimum absolute atomic E-state index is 0.0997. The lowest BCUT2D eigenvalue weighted by Crippen LogP contribution is -2.45. The zero-order chi connectivity index (χ0) is 20.5. The van der Waals surface area contributed by atoms with Crippen LogP contribution in [0.15, 0.2) is 0 Å². The molecular weight excluding hydrogens is 368 g/mol. The Morgan fingerprint density at radius 1 is 1.04 bits per heavy atom. The molecule has 156 valence electrons. The maximum atomic E-state index is 12.1. The highest BCUT2D eigenvalue weighted by molar-refractivity contribution is 5.81. The van der Waals surface area contributed by atoms with Crippen LogP contribution in [0.5, 0.6) is 0 Å². The van der Waals surface area contributed by atoms with E-state index in [2.05, 4.69) is 0 Å². The zero-order valence-electron chi connectivity index (χ0n) is 16.6. The van der Waals surface area contributed by atoms with E-state index in [1.165, 1.54) is 0 Å². The molecule has 0 N–H and O–H groups in total. The zero-order valence-corrected chi connectivity index (χ0v) is 16.6. The molecule has 8 heteroatoms. The number of carbonyl (C=O) groups is 4. The largest absolute Gasteiger partial charge is 0.458 e. The van der Waals surface area contributed by atoms with Crippen LogP contribution < -0.4 is 0 Å². The van der Waals surface area contributed by atoms with Gasteiger partial charge in [-0.25, -0.2) is 9.59 Å². The molecule has 2 saturated heterocycles. The molecule has 0 aromatic carbocycles. The van der Waals surface area contributed by atoms with Gasteiger partial charge in [0, 0.05) is 5.92 Å². The fourth-order valence-corrected chi connectivity index (χ4v) is 4.27. The quantitative estimate of drug-likeness (QED) is 0.474. The van der Waals surface area contributed by atoms with Gasteiger partial charge in [0.2, 0.25) is 0 Å². The molecule has 2 aliphatic carbocycles. The van der Waals surface area contributed by atoms with Gasteiger partial charge in [0.1, 0.15) is 12.2 Å². The van der Waals surface area contributed by atoms with Crippen molar-refractivity contribution in [3.8, 4) is 0 Å². The Morgan fingerprint density at radius 2 is 1.75 bits per heavy atom. The van der Waals surface area contributed by atoms with Gasteiger partial charge < -0.3 is 18.9 Å². The van der Waals surface area contributed by atoms with E-state index in [1.54, 1.807) is 13.8 Å². The molecule has 0 spiro atoms. The Balaban J connectivity index is 1.44. The first-order valence-corrected chi connectivity index (χ1v) is 9.92. The van der Waals surface area contributed by atoms with Gasteiger partial charge in [0.25, 0.3) is 0 Å². The predicted octanol–water partition coefficient (Wildman–Crippen LogP) is 1.78. The number of fused-ring (bicyclic) bond motifs is 1. The molecule has 0 radical (unpaired) electrons. The SMILES string of the molecule is CCC(C)(C)C(=O)OCC(=O)OCC(=O)OC1C2CC3CC(C2)C(=O)OC1C3. The molecule has 2 heterocycles. The molecular formula is C20H28O8. The fraction of sp³-hybridized carbons (Fsp3) is 0.800. The summed E-state index contributed by atoms with van der Waals surface area (Å²) in [5.74, 6) is -1.76. The third-order valence-corrected chi connectivity index (χ3v) is 6.21. The number of carbonyl (C=O) groups excluding carboxylic acids is 4. The smallest absolute Gasteiger partial charge is 0.344 e. The second-order valence-electron chi connectivity index (χ2n) is 8.67. The minimum Gasteiger partial charge on any atom is -0.458 e. The summed E-state index contributed by atoms with van der Waals surface area (Å²) >= 11 is 0. The van der Waals surface area contributed by atoms with Gasteiger partial charge in [0.15, 0.2) is 13.2 Å². The van der Waals surface area contributed by atoms with Crippen LogP contribution in [0.1, 0.15) is 52.9 Å². The van der Waals surface area contributed by atoms with Crippen molar-refractivity contribution < 1.29 is 38.1 Å². The average molecular weight is 396 g/mol. The van der Waals surface area contributed by atoms with Crippen molar-refractivity contribution in [2.75, 3.05) is 13.2 Å². The highest BCUT2D eigenvalue weighted by atomic mass is 16.6. The molecule has 4 rings (SSSR count). The van der Waals surface area contributed by atoms with E-state index in [-0.39, 0.29) is 17.8 Å². The van der Waals surface area contributed by atoms with Gasteiger partial charge in [-0.15, -0.1) is 0 Å². The third kappa shape index (κ3) is 4.47. The topological polar surface area (TPSA) is 105 Å². The molecule has 0 amide bonds. The van der Waals surface area contributed by atoms with Gasteiger partial charge >= 0.3 is 23.9 Å². The lowest BCUT2D eigenvalue weighted by atomic mass is 9.67. The number of hydrogen-bond donors (Lipinski definition) is 0. The molecule has 8 nitrogen and oxygen atoms in total. The van der Waals surface area contributed by atoms with Crippen molar-refractivity contribution in [2.24, 2.45) is 23.2 Å². The molecule has 2 aliphatic heterocycles. The van der Waals surface area contributed by atoms with Crippen LogP contribution in [-0.4, -0.2) is 49.3 Å². The van der Waals surface area contributed by atoms with Crippen molar-refractivity contribution in [1.82, 2.24) is 0 Å². The van der Waals surface area contributed by atoms with Crippen molar-refractivity contribution in [1.29, 1.82) is 0 Å². The first kappa shape index (κ1) is 20.6. The lowest BCUT2D eigenvalue weighted by Gasteiger charge is -2.41. The van der Waals surface area contributed by atoms with E-state index < -0.39 is 48.7 Å². The molecule has 4 bridgehead atoms. The normalized spacial score (nSPS) is 31.0. The highest BCUT2D eigenvalue weighted by Gasteiger charge is 2.51. The summed E-state index contributed by atoms with van der Waals surface area (Å²) in [7, 11) is 0. The molecule has 5 atom stereocenters. The molecule has 4 fully saturated rings. The summed E-state index contributed by atoms with van der Waals surface area (Å²) in [5, 5.41) is 0. The van der Waals surface area contributed by atoms with Crippen LogP contribution in [0.4, 0.5) is 0 Å². The average Bonchev–Trinajstić information content (AvgIpc) is 2.82. The number of rotatable bonds is 7. The summed E-state index contributed by atoms with van der Waals surface area (Å²) in [6.07, 6.45) is 2.83. The summed E-state index contributed by atoms with van der Waals surface area (Å²) < 4.78 is 20.8. The molecule has 5 unspecified atom stereocenters. The standard InChI is InChI=1S/C20H28O8/c1-4-20(2,3)19(24)26-9-15(21)25-10-16(22)28-17-12-5-11-6-13(8-12)18(23)27-14(17)7-11/h11-14,17H,4-10H2,1-3H3. The van der Waals surface area contributed by atoms with E-state index in [0.717, 1.165) is 12.8 Å². The van der Waals surface area contributed by atoms with Gasteiger partial charge in [-0.2, -0.15) is 0 Å². The van der Waals surface area contributed by atoms with Crippen LogP contribution >= 0.6 is 0 Å². The lowest BCUT2D eigenvalue weighted by molar-refractivity contribution is -0.180. The molecule has 0 aromatic rings. The van der Waals surface area contributed by atoms with Crippen LogP contribution in [0.2, 0.25) is 0 Å². The summed E-state index contributed by atoms with van der Waals surface area (Å²) in [4.78, 5) is 47.7. The van der Waals surface area contributed by atoms with Crippen molar-refractivity contribution in [3.63, 3.8) is 0 Å². The number of esters is 4. The van der Waals surface area contributed by atoms with Crippen molar-refractivity contribution >= 4 is 23.9 Å². The van der Waals surface area contributed by atoms with Crippen molar-refractivity contribution in [2.45, 2.75) is 65.1 Å². The maximum absolute atomic E-state index is 12.1. The first-order valence-electron chi connectivity index (χ1n) is 9.92. The van der Waals surface area contributed by atoms with Gasteiger partial charge in [0.05, 0.1) is 11.3 Å². The molecule has 4 aliphatic rings. The van der Waals surface area contributed by atoms with Crippen LogP contribution in [0.25, 0.3) is 0 Å². The molecule has 28 heavy (non-hydrogen) atoms. The van der Waals surface area contributed by atoms with E-state index in [0.29, 0.717) is 25.2 Å². The Hall–Kier alpha value is -2.12. The molecule has 0 aromatic heterocycles. The fourth-order valence-electron chi connectivity index (χ4n) is 4.27. The van der Waals surface area contributed by atoms with E-state index in [9.17, 15) is 19.2 Å². The van der Waals surface area contributed by atoms with Gasteiger partial charge in [-0.1, -0.05) is 6.92 Å². The summed E-state index contributed by atoms with van der Waals surface area (Å²) in [5.41, 5.74) is -0.686. The summed E-state index contributed by atoms with van der Waals surface area (Å²) in [6.45, 7) is 4.17. The first-order chi connectivity index (χ1) is 13.2. The minimum atomic E-state index is -0.814. The maximum Gasteiger partial charge on any atom is 0.344 e. The van der Waals surface area contributed by atoms with Gasteiger partial charge in [-0.3, -0.25) is 9.59 Å². The number of hydrogen-bond acceptors (Lipinski definition) is 8. The Kier molecular flexibility index (Phi) is 5.95. The van der Waals surface area contributed by atoms with E-state index in [4.69, 9.17) is 18.9 Å². The molecule has 2 saturated carbocycles. The van der Waals surface area contributed by atoms with E-state index in [1.807, 2.05) is 6.92 Å². The third-order valence-electron chi connectivity index (χ3n) is 6.21. The van der Waals surface area contributed by atoms with Crippen LogP contribution in [0.3, 0.4) is 0 Å². The Labute approximate surface area is 164 Å². The highest BCUT2D eigenvalue weighted by Crippen LogP contribution is 2.48. The number of ether oxygens (including phenoxy) is 4. The van der Waals surface area contributed by atoms with Crippen molar-refractivity contribution in [3.05, 3.63) is 0 Å². The second kappa shape index (κ2) is 8.09. The van der Waals surface area contributed by atoms with E-state index >= 15 is 0 Å². The van der Waals surface area contributed by atoms with Gasteiger partial charge in [-0.05, 0) is 51.9 Å². The Bertz CT molecular complexity index is 655. The summed E-state index contributed by atoms with van der Waals surface area (Å²) in [6, 6.07) is 0. The van der Waals surface area contributed by atoms with Crippen LogP contribution in [0, 0.1) is 23.2 Å². The second-order valence-corrected chi connectivity index (χ2v) is 8.67. The monoisotopic (exact) mass is 396 g/mol.